The smallest absolute Gasteiger partial charge is 0.328 e. The highest BCUT2D eigenvalue weighted by Crippen LogP contribution is 2.32. The van der Waals surface area contributed by atoms with Crippen LogP contribution in [-0.4, -0.2) is 51.8 Å². The van der Waals surface area contributed by atoms with E-state index in [9.17, 15) is 14.0 Å². The molecule has 0 spiro atoms. The number of hydrogen-bond donors (Lipinski definition) is 2. The summed E-state index contributed by atoms with van der Waals surface area (Å²) in [5.74, 6) is -2.42. The molecule has 1 saturated heterocycles. The van der Waals surface area contributed by atoms with Crippen LogP contribution < -0.4 is 0 Å². The van der Waals surface area contributed by atoms with Crippen molar-refractivity contribution in [3.8, 4) is 0 Å². The van der Waals surface area contributed by atoms with Crippen LogP contribution in [0.15, 0.2) is 65.2 Å². The molecular formula is C23H23FN2O5. The summed E-state index contributed by atoms with van der Waals surface area (Å²) < 4.78 is 18.5. The van der Waals surface area contributed by atoms with Gasteiger partial charge in [-0.3, -0.25) is 0 Å². The molecule has 1 fully saturated rings. The van der Waals surface area contributed by atoms with Crippen molar-refractivity contribution >= 4 is 22.9 Å². The fraction of sp³-hybridized carbons (Fsp3) is 0.261. The summed E-state index contributed by atoms with van der Waals surface area (Å²) in [7, 11) is 0. The third-order valence-electron chi connectivity index (χ3n) is 5.05. The zero-order chi connectivity index (χ0) is 22.2. The van der Waals surface area contributed by atoms with Gasteiger partial charge in [-0.2, -0.15) is 0 Å². The second kappa shape index (κ2) is 10.5. The molecule has 7 nitrogen and oxygen atoms in total. The number of nitrogens with zero attached hydrogens (tertiary/aromatic N) is 2. The lowest BCUT2D eigenvalue weighted by molar-refractivity contribution is -0.134. The van der Waals surface area contributed by atoms with Gasteiger partial charge >= 0.3 is 11.9 Å². The lowest BCUT2D eigenvalue weighted by Gasteiger charge is -2.15. The number of benzene rings is 2. The molecule has 2 N–H and O–H groups in total. The fourth-order valence-electron chi connectivity index (χ4n) is 3.56. The van der Waals surface area contributed by atoms with Gasteiger partial charge < -0.3 is 19.6 Å². The number of aromatic nitrogens is 1. The molecule has 1 atom stereocenters. The molecule has 0 radical (unpaired) electrons. The van der Waals surface area contributed by atoms with Gasteiger partial charge in [-0.25, -0.2) is 14.0 Å². The number of hydrogen-bond acceptors (Lipinski definition) is 5. The lowest BCUT2D eigenvalue weighted by Crippen LogP contribution is -2.23. The van der Waals surface area contributed by atoms with Gasteiger partial charge in [0, 0.05) is 42.6 Å². The van der Waals surface area contributed by atoms with Crippen LogP contribution in [0.4, 0.5) is 4.39 Å². The molecule has 1 unspecified atom stereocenters. The zero-order valence-electron chi connectivity index (χ0n) is 16.8. The third kappa shape index (κ3) is 6.48. The molecule has 2 aromatic carbocycles. The van der Waals surface area contributed by atoms with E-state index < -0.39 is 11.9 Å². The van der Waals surface area contributed by atoms with Gasteiger partial charge in [-0.05, 0) is 37.1 Å². The number of likely N-dealkylation sites (tertiary alicyclic amines) is 1. The predicted octanol–water partition coefficient (Wildman–Crippen LogP) is 3.71. The Morgan fingerprint density at radius 1 is 1.13 bits per heavy atom. The summed E-state index contributed by atoms with van der Waals surface area (Å²) in [6, 6.07) is 15.2. The molecule has 0 aliphatic carbocycles. The van der Waals surface area contributed by atoms with Crippen molar-refractivity contribution in [1.29, 1.82) is 0 Å². The van der Waals surface area contributed by atoms with E-state index in [0.29, 0.717) is 23.7 Å². The van der Waals surface area contributed by atoms with Crippen molar-refractivity contribution in [2.75, 3.05) is 19.6 Å². The standard InChI is InChI=1S/C19H19FN2O.C4H4O4/c20-16-6-7-17-18(12-16)23-21-19(17)15-9-11-22(13-15)10-8-14-4-2-1-3-5-14;5-3(6)1-2-4(7)8/h1-7,12,15H,8-11,13H2;1-2H,(H,5,6)(H,7,8). The van der Waals surface area contributed by atoms with E-state index in [-0.39, 0.29) is 5.82 Å². The summed E-state index contributed by atoms with van der Waals surface area (Å²) in [5.41, 5.74) is 2.89. The van der Waals surface area contributed by atoms with Gasteiger partial charge in [0.25, 0.3) is 0 Å². The maximum absolute atomic E-state index is 13.3. The SMILES string of the molecule is Fc1ccc2c(C3CCN(CCc4ccccc4)C3)noc2c1.O=C(O)C=CC(=O)O. The molecule has 31 heavy (non-hydrogen) atoms. The number of fused-ring (bicyclic) bond motifs is 1. The Balaban J connectivity index is 0.000000293. The Bertz CT molecular complexity index is 1050. The quantitative estimate of drug-likeness (QED) is 0.579. The van der Waals surface area contributed by atoms with Crippen molar-refractivity contribution in [1.82, 2.24) is 10.1 Å². The van der Waals surface area contributed by atoms with Crippen molar-refractivity contribution in [3.63, 3.8) is 0 Å². The second-order valence-corrected chi connectivity index (χ2v) is 7.24. The highest BCUT2D eigenvalue weighted by Gasteiger charge is 2.27. The first kappa shape index (κ1) is 22.2. The van der Waals surface area contributed by atoms with Crippen LogP contribution in [0.5, 0.6) is 0 Å². The van der Waals surface area contributed by atoms with Gasteiger partial charge in [0.15, 0.2) is 5.58 Å². The van der Waals surface area contributed by atoms with E-state index in [1.807, 2.05) is 6.07 Å². The summed E-state index contributed by atoms with van der Waals surface area (Å²) in [6.45, 7) is 3.13. The van der Waals surface area contributed by atoms with E-state index >= 15 is 0 Å². The van der Waals surface area contributed by atoms with Gasteiger partial charge in [0.05, 0.1) is 5.69 Å². The predicted molar refractivity (Wildman–Crippen MR) is 112 cm³/mol. The number of aliphatic carboxylic acids is 2. The number of carboxylic acid groups (broad SMARTS) is 2. The summed E-state index contributed by atoms with van der Waals surface area (Å²) in [4.78, 5) is 21.6. The normalized spacial score (nSPS) is 16.4. The average Bonchev–Trinajstić information content (AvgIpc) is 3.38. The molecule has 1 aromatic heterocycles. The molecule has 1 aliphatic heterocycles. The van der Waals surface area contributed by atoms with Crippen molar-refractivity contribution < 1.29 is 28.7 Å². The number of rotatable bonds is 6. The van der Waals surface area contributed by atoms with Crippen molar-refractivity contribution in [2.45, 2.75) is 18.8 Å². The zero-order valence-corrected chi connectivity index (χ0v) is 16.8. The van der Waals surface area contributed by atoms with Gasteiger partial charge in [0.1, 0.15) is 5.82 Å². The first-order valence-corrected chi connectivity index (χ1v) is 9.87. The summed E-state index contributed by atoms with van der Waals surface area (Å²) in [6.07, 6.45) is 3.26. The Morgan fingerprint density at radius 2 is 1.84 bits per heavy atom. The monoisotopic (exact) mass is 426 g/mol. The first-order valence-electron chi connectivity index (χ1n) is 9.87. The molecule has 162 valence electrons. The average molecular weight is 426 g/mol. The van der Waals surface area contributed by atoms with Crippen LogP contribution >= 0.6 is 0 Å². The van der Waals surface area contributed by atoms with E-state index in [1.54, 1.807) is 6.07 Å². The Labute approximate surface area is 178 Å². The van der Waals surface area contributed by atoms with E-state index in [0.717, 1.165) is 43.6 Å². The van der Waals surface area contributed by atoms with Crippen LogP contribution in [0.1, 0.15) is 23.6 Å². The van der Waals surface area contributed by atoms with Crippen LogP contribution in [0.2, 0.25) is 0 Å². The molecule has 0 saturated carbocycles. The van der Waals surface area contributed by atoms with E-state index in [4.69, 9.17) is 14.7 Å². The second-order valence-electron chi connectivity index (χ2n) is 7.24. The lowest BCUT2D eigenvalue weighted by atomic mass is 10.0. The minimum atomic E-state index is -1.26. The highest BCUT2D eigenvalue weighted by molar-refractivity contribution is 5.89. The van der Waals surface area contributed by atoms with Crippen LogP contribution in [0.25, 0.3) is 11.0 Å². The topological polar surface area (TPSA) is 104 Å². The largest absolute Gasteiger partial charge is 0.478 e. The third-order valence-corrected chi connectivity index (χ3v) is 5.05. The molecule has 3 aromatic rings. The molecule has 8 heteroatoms. The summed E-state index contributed by atoms with van der Waals surface area (Å²) in [5, 5.41) is 20.8. The molecule has 0 bridgehead atoms. The molecular weight excluding hydrogens is 403 g/mol. The summed E-state index contributed by atoms with van der Waals surface area (Å²) >= 11 is 0. The fourth-order valence-corrected chi connectivity index (χ4v) is 3.56. The minimum Gasteiger partial charge on any atom is -0.478 e. The number of carboxylic acids is 2. The maximum atomic E-state index is 13.3. The van der Waals surface area contributed by atoms with Crippen molar-refractivity contribution in [2.24, 2.45) is 0 Å². The van der Waals surface area contributed by atoms with Gasteiger partial charge in [-0.1, -0.05) is 35.5 Å². The number of halogens is 1. The van der Waals surface area contributed by atoms with Crippen LogP contribution in [0, 0.1) is 5.82 Å². The van der Waals surface area contributed by atoms with Crippen molar-refractivity contribution in [3.05, 3.63) is 77.8 Å². The molecule has 4 rings (SSSR count). The van der Waals surface area contributed by atoms with E-state index in [1.165, 1.54) is 17.7 Å². The highest BCUT2D eigenvalue weighted by atomic mass is 19.1. The minimum absolute atomic E-state index is 0.281. The Hall–Kier alpha value is -3.52. The Morgan fingerprint density at radius 3 is 2.52 bits per heavy atom. The van der Waals surface area contributed by atoms with Crippen LogP contribution in [-0.2, 0) is 16.0 Å². The molecule has 0 amide bonds. The van der Waals surface area contributed by atoms with E-state index in [2.05, 4.69) is 34.3 Å². The van der Waals surface area contributed by atoms with Gasteiger partial charge in [0.2, 0.25) is 0 Å². The first-order chi connectivity index (χ1) is 14.9. The number of carbonyl (C=O) groups is 2. The molecule has 2 heterocycles. The molecule has 1 aliphatic rings. The van der Waals surface area contributed by atoms with Gasteiger partial charge in [-0.15, -0.1) is 0 Å². The Kier molecular flexibility index (Phi) is 7.50. The van der Waals surface area contributed by atoms with Crippen LogP contribution in [0.3, 0.4) is 0 Å². The maximum Gasteiger partial charge on any atom is 0.328 e.